The van der Waals surface area contributed by atoms with Crippen molar-refractivity contribution in [2.75, 3.05) is 18.4 Å². The van der Waals surface area contributed by atoms with Crippen LogP contribution in [-0.2, 0) is 11.2 Å². The van der Waals surface area contributed by atoms with E-state index in [1.54, 1.807) is 23.5 Å². The number of hydrogen-bond donors (Lipinski definition) is 3. The minimum absolute atomic E-state index is 0.154. The third-order valence-corrected chi connectivity index (χ3v) is 5.05. The number of nitrogens with one attached hydrogen (secondary N) is 2. The zero-order valence-electron chi connectivity index (χ0n) is 13.7. The summed E-state index contributed by atoms with van der Waals surface area (Å²) in [5, 5.41) is 17.5. The molecule has 0 radical (unpaired) electrons. The van der Waals surface area contributed by atoms with Crippen LogP contribution in [0.2, 0.25) is 0 Å². The van der Waals surface area contributed by atoms with Crippen LogP contribution in [0.25, 0.3) is 0 Å². The van der Waals surface area contributed by atoms with Crippen LogP contribution in [-0.4, -0.2) is 47.2 Å². The Morgan fingerprint density at radius 2 is 2.00 bits per heavy atom. The molecular weight excluding hydrogens is 338 g/mol. The number of para-hydroxylation sites is 1. The Kier molecular flexibility index (Phi) is 5.67. The fourth-order valence-electron chi connectivity index (χ4n) is 2.89. The molecule has 3 N–H and O–H groups in total. The Hall–Kier alpha value is -2.38. The number of aliphatic hydroxyl groups excluding tert-OH is 1. The number of rotatable bonds is 5. The van der Waals surface area contributed by atoms with Crippen molar-refractivity contribution in [3.8, 4) is 0 Å². The number of anilines is 1. The Balaban J connectivity index is 1.56. The van der Waals surface area contributed by atoms with Crippen molar-refractivity contribution in [2.24, 2.45) is 0 Å². The van der Waals surface area contributed by atoms with Crippen LogP contribution in [0.1, 0.15) is 11.3 Å². The largest absolute Gasteiger partial charge is 0.391 e. The van der Waals surface area contributed by atoms with E-state index in [1.165, 1.54) is 9.78 Å². The molecule has 0 aliphatic carbocycles. The molecule has 1 aliphatic rings. The van der Waals surface area contributed by atoms with Crippen LogP contribution >= 0.6 is 11.3 Å². The minimum atomic E-state index is -0.686. The van der Waals surface area contributed by atoms with Gasteiger partial charge in [-0.2, -0.15) is 0 Å². The minimum Gasteiger partial charge on any atom is -0.391 e. The number of hydrogen-bond acceptors (Lipinski definition) is 4. The smallest absolute Gasteiger partial charge is 0.322 e. The molecule has 0 bridgehead atoms. The first-order valence-corrected chi connectivity index (χ1v) is 9.12. The van der Waals surface area contributed by atoms with Gasteiger partial charge in [0.15, 0.2) is 0 Å². The Bertz CT molecular complexity index is 706. The number of thiophene rings is 1. The molecule has 0 unspecified atom stereocenters. The molecule has 1 aromatic carbocycles. The lowest BCUT2D eigenvalue weighted by Crippen LogP contribution is -2.47. The van der Waals surface area contributed by atoms with Gasteiger partial charge in [-0.05, 0) is 30.0 Å². The number of aliphatic hydroxyl groups is 1. The second-order valence-electron chi connectivity index (χ2n) is 5.97. The van der Waals surface area contributed by atoms with Crippen molar-refractivity contribution < 1.29 is 14.7 Å². The number of urea groups is 1. The van der Waals surface area contributed by atoms with Crippen LogP contribution in [0.15, 0.2) is 47.8 Å². The van der Waals surface area contributed by atoms with Gasteiger partial charge in [0, 0.05) is 30.1 Å². The highest BCUT2D eigenvalue weighted by atomic mass is 32.1. The third kappa shape index (κ3) is 4.58. The second kappa shape index (κ2) is 8.13. The van der Waals surface area contributed by atoms with Crippen LogP contribution < -0.4 is 10.6 Å². The molecule has 0 spiro atoms. The second-order valence-corrected chi connectivity index (χ2v) is 7.01. The van der Waals surface area contributed by atoms with Gasteiger partial charge in [-0.1, -0.05) is 24.3 Å². The maximum atomic E-state index is 12.5. The molecular formula is C18H21N3O3S. The van der Waals surface area contributed by atoms with Crippen molar-refractivity contribution in [3.63, 3.8) is 0 Å². The molecule has 1 aliphatic heterocycles. The first-order valence-electron chi connectivity index (χ1n) is 8.24. The van der Waals surface area contributed by atoms with Crippen LogP contribution in [0.5, 0.6) is 0 Å². The van der Waals surface area contributed by atoms with Gasteiger partial charge in [0.05, 0.1) is 6.10 Å². The fourth-order valence-corrected chi connectivity index (χ4v) is 3.59. The van der Waals surface area contributed by atoms with Gasteiger partial charge in [-0.25, -0.2) is 4.79 Å². The lowest BCUT2D eigenvalue weighted by atomic mass is 10.2. The predicted octanol–water partition coefficient (Wildman–Crippen LogP) is 2.07. The van der Waals surface area contributed by atoms with E-state index in [2.05, 4.69) is 10.6 Å². The van der Waals surface area contributed by atoms with Crippen molar-refractivity contribution in [3.05, 3.63) is 52.7 Å². The summed E-state index contributed by atoms with van der Waals surface area (Å²) < 4.78 is 0. The van der Waals surface area contributed by atoms with Gasteiger partial charge in [-0.15, -0.1) is 11.3 Å². The fraction of sp³-hybridized carbons (Fsp3) is 0.333. The van der Waals surface area contributed by atoms with Gasteiger partial charge >= 0.3 is 6.03 Å². The molecule has 132 valence electrons. The molecule has 1 fully saturated rings. The van der Waals surface area contributed by atoms with Gasteiger partial charge in [0.1, 0.15) is 6.04 Å². The highest BCUT2D eigenvalue weighted by Gasteiger charge is 2.38. The molecule has 2 atom stereocenters. The molecule has 1 aromatic heterocycles. The molecule has 2 aromatic rings. The van der Waals surface area contributed by atoms with E-state index >= 15 is 0 Å². The predicted molar refractivity (Wildman–Crippen MR) is 97.6 cm³/mol. The van der Waals surface area contributed by atoms with Gasteiger partial charge in [0.2, 0.25) is 5.91 Å². The topological polar surface area (TPSA) is 81.7 Å². The first kappa shape index (κ1) is 17.4. The van der Waals surface area contributed by atoms with Crippen molar-refractivity contribution in [1.82, 2.24) is 10.2 Å². The molecule has 6 nitrogen and oxygen atoms in total. The summed E-state index contributed by atoms with van der Waals surface area (Å²) in [6.07, 6.45) is 0.330. The molecule has 2 heterocycles. The van der Waals surface area contributed by atoms with Crippen LogP contribution in [0, 0.1) is 0 Å². The van der Waals surface area contributed by atoms with Crippen LogP contribution in [0.3, 0.4) is 0 Å². The number of β-amino-alcohol motifs (C(OH)–C–C–N with tert-alkyl or cyclic N) is 1. The summed E-state index contributed by atoms with van der Waals surface area (Å²) in [5.41, 5.74) is 0.658. The lowest BCUT2D eigenvalue weighted by molar-refractivity contribution is -0.124. The number of benzene rings is 1. The van der Waals surface area contributed by atoms with E-state index in [4.69, 9.17) is 0 Å². The van der Waals surface area contributed by atoms with E-state index in [0.29, 0.717) is 12.2 Å². The van der Waals surface area contributed by atoms with E-state index in [-0.39, 0.29) is 24.9 Å². The number of amides is 3. The Morgan fingerprint density at radius 1 is 1.20 bits per heavy atom. The lowest BCUT2D eigenvalue weighted by Gasteiger charge is -2.24. The molecule has 7 heteroatoms. The van der Waals surface area contributed by atoms with Crippen molar-refractivity contribution >= 4 is 29.0 Å². The van der Waals surface area contributed by atoms with Crippen molar-refractivity contribution in [2.45, 2.75) is 25.0 Å². The summed E-state index contributed by atoms with van der Waals surface area (Å²) >= 11 is 1.65. The quantitative estimate of drug-likeness (QED) is 0.764. The first-order chi connectivity index (χ1) is 12.1. The van der Waals surface area contributed by atoms with Crippen molar-refractivity contribution in [1.29, 1.82) is 0 Å². The summed E-state index contributed by atoms with van der Waals surface area (Å²) in [6.45, 7) is 0.668. The highest BCUT2D eigenvalue weighted by molar-refractivity contribution is 7.09. The van der Waals surface area contributed by atoms with E-state index in [9.17, 15) is 14.7 Å². The van der Waals surface area contributed by atoms with E-state index in [0.717, 1.165) is 6.42 Å². The molecule has 3 amide bonds. The summed E-state index contributed by atoms with van der Waals surface area (Å²) in [6, 6.07) is 12.0. The zero-order chi connectivity index (χ0) is 17.6. The SMILES string of the molecule is O=C(NCCc1cccs1)[C@@H]1C[C@H](O)CN1C(=O)Nc1ccccc1. The maximum absolute atomic E-state index is 12.5. The highest BCUT2D eigenvalue weighted by Crippen LogP contribution is 2.20. The number of nitrogens with zero attached hydrogens (tertiary/aromatic N) is 1. The van der Waals surface area contributed by atoms with Gasteiger partial charge < -0.3 is 20.6 Å². The molecule has 3 rings (SSSR count). The van der Waals surface area contributed by atoms with E-state index in [1.807, 2.05) is 35.7 Å². The maximum Gasteiger partial charge on any atom is 0.322 e. The average molecular weight is 359 g/mol. The average Bonchev–Trinajstić information content (AvgIpc) is 3.25. The number of carbonyl (C=O) groups is 2. The Morgan fingerprint density at radius 3 is 2.72 bits per heavy atom. The summed E-state index contributed by atoms with van der Waals surface area (Å²) in [4.78, 5) is 27.5. The summed E-state index contributed by atoms with van der Waals surface area (Å²) in [7, 11) is 0. The molecule has 0 saturated carbocycles. The third-order valence-electron chi connectivity index (χ3n) is 4.12. The number of carbonyl (C=O) groups excluding carboxylic acids is 2. The molecule has 1 saturated heterocycles. The summed E-state index contributed by atoms with van der Waals surface area (Å²) in [5.74, 6) is -0.226. The van der Waals surface area contributed by atoms with E-state index < -0.39 is 12.1 Å². The van der Waals surface area contributed by atoms with Crippen LogP contribution in [0.4, 0.5) is 10.5 Å². The van der Waals surface area contributed by atoms with Gasteiger partial charge in [-0.3, -0.25) is 4.79 Å². The molecule has 25 heavy (non-hydrogen) atoms. The zero-order valence-corrected chi connectivity index (χ0v) is 14.5. The van der Waals surface area contributed by atoms with Gasteiger partial charge in [0.25, 0.3) is 0 Å². The standard InChI is InChI=1S/C18H21N3O3S/c22-14-11-16(17(23)19-9-8-15-7-4-10-25-15)21(12-14)18(24)20-13-5-2-1-3-6-13/h1-7,10,14,16,22H,8-9,11-12H2,(H,19,23)(H,20,24)/t14-,16-/m0/s1. The monoisotopic (exact) mass is 359 g/mol. The number of likely N-dealkylation sites (tertiary alicyclic amines) is 1. The normalized spacial score (nSPS) is 19.6. The Labute approximate surface area is 150 Å².